The summed E-state index contributed by atoms with van der Waals surface area (Å²) in [5, 5.41) is 0.583. The van der Waals surface area contributed by atoms with Crippen molar-refractivity contribution in [2.24, 2.45) is 0 Å². The molecule has 8 heteroatoms. The zero-order valence-corrected chi connectivity index (χ0v) is 20.6. The number of fused-ring (bicyclic) bond motifs is 1. The van der Waals surface area contributed by atoms with E-state index >= 15 is 0 Å². The Morgan fingerprint density at radius 2 is 1.66 bits per heavy atom. The Morgan fingerprint density at radius 3 is 2.28 bits per heavy atom. The third-order valence-electron chi connectivity index (χ3n) is 6.76. The van der Waals surface area contributed by atoms with Crippen molar-refractivity contribution in [3.8, 4) is 11.5 Å². The number of methoxy groups -OCH3 is 1. The van der Waals surface area contributed by atoms with Gasteiger partial charge < -0.3 is 9.47 Å². The molecule has 0 aromatic heterocycles. The van der Waals surface area contributed by atoms with Crippen LogP contribution in [0.4, 0.5) is 0 Å². The number of hydrogen-bond donors (Lipinski definition) is 0. The first-order valence-corrected chi connectivity index (χ1v) is 12.5. The fourth-order valence-electron chi connectivity index (χ4n) is 4.68. The number of nitrogens with zero attached hydrogens (tertiary/aromatic N) is 1. The maximum Gasteiger partial charge on any atom is 0.246 e. The van der Waals surface area contributed by atoms with Crippen LogP contribution in [0.1, 0.15) is 51.9 Å². The molecule has 6 nitrogen and oxygen atoms in total. The van der Waals surface area contributed by atoms with E-state index in [1.165, 1.54) is 11.4 Å². The standard InChI is InChI=1S/C24H28ClNO5S/c1-14-10-19(30-5)21(12-15(14)2)32(28,29)26-8-6-24(7-9-26)13-18(27)22-17(4)23(25)16(3)11-20(22)31-24/h10-12H,6-9,13H2,1-5H3. The minimum Gasteiger partial charge on any atom is -0.495 e. The molecular weight excluding hydrogens is 450 g/mol. The zero-order chi connectivity index (χ0) is 23.4. The van der Waals surface area contributed by atoms with Gasteiger partial charge in [-0.25, -0.2) is 8.42 Å². The molecule has 0 N–H and O–H groups in total. The number of Topliss-reactive ketones (excluding diaryl/α,β-unsaturated/α-hetero) is 1. The van der Waals surface area contributed by atoms with Crippen molar-refractivity contribution < 1.29 is 22.7 Å². The fourth-order valence-corrected chi connectivity index (χ4v) is 6.49. The summed E-state index contributed by atoms with van der Waals surface area (Å²) < 4.78 is 40.0. The van der Waals surface area contributed by atoms with Crippen LogP contribution >= 0.6 is 11.6 Å². The largest absolute Gasteiger partial charge is 0.495 e. The second-order valence-corrected chi connectivity index (χ2v) is 11.2. The Morgan fingerprint density at radius 1 is 1.03 bits per heavy atom. The molecule has 0 aliphatic carbocycles. The number of carbonyl (C=O) groups excluding carboxylic acids is 1. The minimum atomic E-state index is -3.74. The van der Waals surface area contributed by atoms with Crippen LogP contribution in [0.3, 0.4) is 0 Å². The van der Waals surface area contributed by atoms with Crippen molar-refractivity contribution in [2.75, 3.05) is 20.2 Å². The van der Waals surface area contributed by atoms with Gasteiger partial charge >= 0.3 is 0 Å². The molecule has 2 aliphatic rings. The lowest BCUT2D eigenvalue weighted by molar-refractivity contribution is 0.00576. The number of ether oxygens (including phenoxy) is 2. The summed E-state index contributed by atoms with van der Waals surface area (Å²) in [6.07, 6.45) is 1.09. The highest BCUT2D eigenvalue weighted by Gasteiger charge is 2.46. The molecule has 0 atom stereocenters. The Balaban J connectivity index is 1.60. The second-order valence-electron chi connectivity index (χ2n) is 8.88. The van der Waals surface area contributed by atoms with E-state index in [0.717, 1.165) is 22.3 Å². The molecule has 4 rings (SSSR count). The van der Waals surface area contributed by atoms with Crippen LogP contribution in [0.25, 0.3) is 0 Å². The molecule has 2 aromatic carbocycles. The van der Waals surface area contributed by atoms with Crippen LogP contribution in [0, 0.1) is 27.7 Å². The summed E-state index contributed by atoms with van der Waals surface area (Å²) in [4.78, 5) is 13.2. The molecule has 2 aliphatic heterocycles. The molecule has 0 radical (unpaired) electrons. The first-order chi connectivity index (χ1) is 15.0. The van der Waals surface area contributed by atoms with E-state index < -0.39 is 15.6 Å². The SMILES string of the molecule is COc1cc(C)c(C)cc1S(=O)(=O)N1CCC2(CC1)CC(=O)c1c(cc(C)c(Cl)c1C)O2. The van der Waals surface area contributed by atoms with Crippen LogP contribution in [0.2, 0.25) is 5.02 Å². The Labute approximate surface area is 194 Å². The van der Waals surface area contributed by atoms with Crippen molar-refractivity contribution in [1.82, 2.24) is 4.31 Å². The number of ketones is 1. The van der Waals surface area contributed by atoms with E-state index in [1.54, 1.807) is 12.1 Å². The number of benzene rings is 2. The highest BCUT2D eigenvalue weighted by molar-refractivity contribution is 7.89. The number of sulfonamides is 1. The summed E-state index contributed by atoms with van der Waals surface area (Å²) in [6.45, 7) is 8.06. The number of halogens is 1. The summed E-state index contributed by atoms with van der Waals surface area (Å²) >= 11 is 6.34. The predicted octanol–water partition coefficient (Wildman–Crippen LogP) is 4.77. The van der Waals surface area contributed by atoms with Gasteiger partial charge in [-0.1, -0.05) is 11.6 Å². The van der Waals surface area contributed by atoms with E-state index in [1.807, 2.05) is 33.8 Å². The lowest BCUT2D eigenvalue weighted by Gasteiger charge is -2.44. The minimum absolute atomic E-state index is 0.00205. The Kier molecular flexibility index (Phi) is 5.80. The summed E-state index contributed by atoms with van der Waals surface area (Å²) in [5.41, 5.74) is 3.30. The molecule has 0 bridgehead atoms. The van der Waals surface area contributed by atoms with Gasteiger partial charge in [0.25, 0.3) is 0 Å². The van der Waals surface area contributed by atoms with Gasteiger partial charge in [0.2, 0.25) is 10.0 Å². The van der Waals surface area contributed by atoms with E-state index in [-0.39, 0.29) is 30.2 Å². The van der Waals surface area contributed by atoms with E-state index in [9.17, 15) is 13.2 Å². The number of rotatable bonds is 3. The Bertz CT molecular complexity index is 1210. The maximum absolute atomic E-state index is 13.4. The van der Waals surface area contributed by atoms with Gasteiger partial charge in [0, 0.05) is 31.0 Å². The second kappa shape index (κ2) is 8.04. The quantitative estimate of drug-likeness (QED) is 0.636. The van der Waals surface area contributed by atoms with Crippen molar-refractivity contribution in [1.29, 1.82) is 0 Å². The molecule has 1 saturated heterocycles. The first-order valence-electron chi connectivity index (χ1n) is 10.7. The van der Waals surface area contributed by atoms with Crippen molar-refractivity contribution in [3.05, 3.63) is 51.0 Å². The molecule has 0 saturated carbocycles. The highest BCUT2D eigenvalue weighted by Crippen LogP contribution is 2.44. The fraction of sp³-hybridized carbons (Fsp3) is 0.458. The molecule has 32 heavy (non-hydrogen) atoms. The summed E-state index contributed by atoms with van der Waals surface area (Å²) in [6, 6.07) is 5.23. The van der Waals surface area contributed by atoms with Crippen molar-refractivity contribution in [2.45, 2.75) is 57.5 Å². The molecule has 0 unspecified atom stereocenters. The number of hydrogen-bond acceptors (Lipinski definition) is 5. The molecule has 172 valence electrons. The van der Waals surface area contributed by atoms with E-state index in [4.69, 9.17) is 21.1 Å². The molecule has 2 heterocycles. The van der Waals surface area contributed by atoms with Gasteiger partial charge in [0.05, 0.1) is 19.1 Å². The van der Waals surface area contributed by atoms with Crippen LogP contribution in [0.15, 0.2) is 23.1 Å². The van der Waals surface area contributed by atoms with E-state index in [0.29, 0.717) is 34.9 Å². The summed E-state index contributed by atoms with van der Waals surface area (Å²) in [5.74, 6) is 0.889. The number of piperidine rings is 1. The van der Waals surface area contributed by atoms with Crippen LogP contribution in [-0.4, -0.2) is 44.3 Å². The maximum atomic E-state index is 13.4. The van der Waals surface area contributed by atoms with Gasteiger partial charge in [0.15, 0.2) is 5.78 Å². The molecular formula is C24H28ClNO5S. The van der Waals surface area contributed by atoms with Crippen molar-refractivity contribution >= 4 is 27.4 Å². The lowest BCUT2D eigenvalue weighted by atomic mass is 9.82. The van der Waals surface area contributed by atoms with Gasteiger partial charge in [-0.2, -0.15) is 4.31 Å². The third-order valence-corrected chi connectivity index (χ3v) is 9.27. The lowest BCUT2D eigenvalue weighted by Crippen LogP contribution is -2.52. The number of carbonyl (C=O) groups is 1. The van der Waals surface area contributed by atoms with Gasteiger partial charge in [-0.05, 0) is 68.1 Å². The zero-order valence-electron chi connectivity index (χ0n) is 19.0. The number of aryl methyl sites for hydroxylation is 3. The monoisotopic (exact) mass is 477 g/mol. The predicted molar refractivity (Wildman–Crippen MR) is 124 cm³/mol. The van der Waals surface area contributed by atoms with Gasteiger partial charge in [-0.15, -0.1) is 0 Å². The van der Waals surface area contributed by atoms with Crippen LogP contribution < -0.4 is 9.47 Å². The average Bonchev–Trinajstić information content (AvgIpc) is 2.73. The molecule has 1 spiro atoms. The smallest absolute Gasteiger partial charge is 0.246 e. The van der Waals surface area contributed by atoms with Crippen LogP contribution in [0.5, 0.6) is 11.5 Å². The van der Waals surface area contributed by atoms with Crippen LogP contribution in [-0.2, 0) is 10.0 Å². The van der Waals surface area contributed by atoms with Gasteiger partial charge in [0.1, 0.15) is 22.0 Å². The Hall–Kier alpha value is -2.09. The average molecular weight is 478 g/mol. The third kappa shape index (κ3) is 3.70. The van der Waals surface area contributed by atoms with Gasteiger partial charge in [-0.3, -0.25) is 4.79 Å². The van der Waals surface area contributed by atoms with Crippen molar-refractivity contribution in [3.63, 3.8) is 0 Å². The molecule has 1 fully saturated rings. The van der Waals surface area contributed by atoms with E-state index in [2.05, 4.69) is 0 Å². The summed E-state index contributed by atoms with van der Waals surface area (Å²) in [7, 11) is -2.27. The first kappa shape index (κ1) is 23.1. The molecule has 2 aromatic rings. The normalized spacial score (nSPS) is 18.4. The molecule has 0 amide bonds. The highest BCUT2D eigenvalue weighted by atomic mass is 35.5. The topological polar surface area (TPSA) is 72.9 Å².